The SMILES string of the molecule is CCOC(Cc1ccc(OCCN(CCCSc2ccccc2)C(=O)OCc2ccccc2)cc1)C(=O)O. The molecule has 0 fully saturated rings. The fraction of sp³-hybridized carbons (Fsp3) is 0.333. The van der Waals surface area contributed by atoms with Crippen LogP contribution in [0.1, 0.15) is 24.5 Å². The number of nitrogens with zero attached hydrogens (tertiary/aromatic N) is 1. The van der Waals surface area contributed by atoms with E-state index in [1.807, 2.05) is 60.7 Å². The third-order valence-corrected chi connectivity index (χ3v) is 6.76. The largest absolute Gasteiger partial charge is 0.492 e. The van der Waals surface area contributed by atoms with Crippen LogP contribution >= 0.6 is 11.8 Å². The summed E-state index contributed by atoms with van der Waals surface area (Å²) in [5, 5.41) is 9.28. The fourth-order valence-electron chi connectivity index (χ4n) is 3.70. The fourth-order valence-corrected chi connectivity index (χ4v) is 4.55. The van der Waals surface area contributed by atoms with Gasteiger partial charge in [0.05, 0.1) is 6.54 Å². The molecule has 202 valence electrons. The van der Waals surface area contributed by atoms with Crippen LogP contribution in [0.3, 0.4) is 0 Å². The summed E-state index contributed by atoms with van der Waals surface area (Å²) >= 11 is 1.76. The average Bonchev–Trinajstić information content (AvgIpc) is 2.94. The molecule has 7 nitrogen and oxygen atoms in total. The summed E-state index contributed by atoms with van der Waals surface area (Å²) in [6.07, 6.45) is -0.138. The first-order valence-electron chi connectivity index (χ1n) is 12.7. The predicted molar refractivity (Wildman–Crippen MR) is 149 cm³/mol. The Labute approximate surface area is 228 Å². The molecule has 3 aromatic rings. The second kappa shape index (κ2) is 16.4. The van der Waals surface area contributed by atoms with E-state index in [0.29, 0.717) is 32.1 Å². The molecular formula is C30H35NO6S. The molecule has 0 radical (unpaired) electrons. The van der Waals surface area contributed by atoms with Gasteiger partial charge in [0.15, 0.2) is 6.10 Å². The van der Waals surface area contributed by atoms with Crippen molar-refractivity contribution in [2.24, 2.45) is 0 Å². The molecule has 1 unspecified atom stereocenters. The monoisotopic (exact) mass is 537 g/mol. The highest BCUT2D eigenvalue weighted by Gasteiger charge is 2.18. The highest BCUT2D eigenvalue weighted by atomic mass is 32.2. The topological polar surface area (TPSA) is 85.3 Å². The average molecular weight is 538 g/mol. The van der Waals surface area contributed by atoms with E-state index in [1.165, 1.54) is 4.90 Å². The zero-order valence-corrected chi connectivity index (χ0v) is 22.5. The van der Waals surface area contributed by atoms with Gasteiger partial charge in [0.25, 0.3) is 0 Å². The second-order valence-corrected chi connectivity index (χ2v) is 9.69. The molecule has 0 saturated carbocycles. The molecule has 0 aliphatic rings. The Morgan fingerprint density at radius 1 is 0.895 bits per heavy atom. The van der Waals surface area contributed by atoms with Gasteiger partial charge in [-0.15, -0.1) is 11.8 Å². The molecule has 0 saturated heterocycles. The zero-order valence-electron chi connectivity index (χ0n) is 21.7. The lowest BCUT2D eigenvalue weighted by Gasteiger charge is -2.22. The third-order valence-electron chi connectivity index (χ3n) is 5.67. The van der Waals surface area contributed by atoms with Crippen LogP contribution in [-0.2, 0) is 27.3 Å². The van der Waals surface area contributed by atoms with Gasteiger partial charge < -0.3 is 24.2 Å². The Balaban J connectivity index is 1.50. The number of hydrogen-bond donors (Lipinski definition) is 1. The first-order valence-corrected chi connectivity index (χ1v) is 13.7. The van der Waals surface area contributed by atoms with Gasteiger partial charge in [0.2, 0.25) is 0 Å². The van der Waals surface area contributed by atoms with Crippen LogP contribution in [0.4, 0.5) is 4.79 Å². The molecule has 38 heavy (non-hydrogen) atoms. The minimum absolute atomic E-state index is 0.219. The van der Waals surface area contributed by atoms with Gasteiger partial charge in [-0.1, -0.05) is 60.7 Å². The highest BCUT2D eigenvalue weighted by molar-refractivity contribution is 7.99. The number of rotatable bonds is 16. The molecule has 8 heteroatoms. The van der Waals surface area contributed by atoms with E-state index in [9.17, 15) is 14.7 Å². The van der Waals surface area contributed by atoms with Gasteiger partial charge in [0, 0.05) is 24.5 Å². The maximum absolute atomic E-state index is 12.9. The van der Waals surface area contributed by atoms with Gasteiger partial charge in [-0.3, -0.25) is 0 Å². The van der Waals surface area contributed by atoms with E-state index in [2.05, 4.69) is 12.1 Å². The molecule has 3 aromatic carbocycles. The summed E-state index contributed by atoms with van der Waals surface area (Å²) in [4.78, 5) is 27.1. The number of carbonyl (C=O) groups is 2. The molecule has 1 atom stereocenters. The summed E-state index contributed by atoms with van der Waals surface area (Å²) in [7, 11) is 0. The maximum Gasteiger partial charge on any atom is 0.410 e. The lowest BCUT2D eigenvalue weighted by molar-refractivity contribution is -0.149. The van der Waals surface area contributed by atoms with E-state index < -0.39 is 12.1 Å². The van der Waals surface area contributed by atoms with E-state index in [1.54, 1.807) is 35.7 Å². The Morgan fingerprint density at radius 3 is 2.24 bits per heavy atom. The molecule has 3 rings (SSSR count). The standard InChI is InChI=1S/C30H35NO6S/c1-2-35-28(29(32)33)22-24-14-16-26(17-15-24)36-20-19-31(18-9-21-38-27-12-7-4-8-13-27)30(34)37-23-25-10-5-3-6-11-25/h3-8,10-17,28H,2,9,18-23H2,1H3,(H,32,33). The lowest BCUT2D eigenvalue weighted by Crippen LogP contribution is -2.36. The van der Waals surface area contributed by atoms with Crippen molar-refractivity contribution in [2.45, 2.75) is 37.4 Å². The summed E-state index contributed by atoms with van der Waals surface area (Å²) < 4.78 is 16.7. The van der Waals surface area contributed by atoms with E-state index in [0.717, 1.165) is 23.3 Å². The van der Waals surface area contributed by atoms with Crippen molar-refractivity contribution in [3.05, 3.63) is 96.1 Å². The zero-order chi connectivity index (χ0) is 27.0. The number of carboxylic acids is 1. The van der Waals surface area contributed by atoms with Crippen molar-refractivity contribution in [1.82, 2.24) is 4.90 Å². The van der Waals surface area contributed by atoms with E-state index >= 15 is 0 Å². The molecule has 0 heterocycles. The number of ether oxygens (including phenoxy) is 3. The van der Waals surface area contributed by atoms with Crippen LogP contribution in [0.2, 0.25) is 0 Å². The van der Waals surface area contributed by atoms with Crippen LogP contribution in [0, 0.1) is 0 Å². The van der Waals surface area contributed by atoms with Crippen molar-refractivity contribution < 1.29 is 28.9 Å². The molecule has 1 N–H and O–H groups in total. The van der Waals surface area contributed by atoms with Gasteiger partial charge in [-0.05, 0) is 54.5 Å². The lowest BCUT2D eigenvalue weighted by atomic mass is 10.1. The number of benzene rings is 3. The Morgan fingerprint density at radius 2 is 1.58 bits per heavy atom. The van der Waals surface area contributed by atoms with Crippen molar-refractivity contribution in [1.29, 1.82) is 0 Å². The second-order valence-electron chi connectivity index (χ2n) is 8.52. The minimum atomic E-state index is -0.978. The van der Waals surface area contributed by atoms with Crippen molar-refractivity contribution in [3.63, 3.8) is 0 Å². The number of thioether (sulfide) groups is 1. The molecule has 1 amide bonds. The normalized spacial score (nSPS) is 11.5. The van der Waals surface area contributed by atoms with Crippen molar-refractivity contribution in [2.75, 3.05) is 32.1 Å². The Kier molecular flexibility index (Phi) is 12.5. The molecule has 0 bridgehead atoms. The van der Waals surface area contributed by atoms with E-state index in [4.69, 9.17) is 14.2 Å². The van der Waals surface area contributed by atoms with Crippen LogP contribution in [0.25, 0.3) is 0 Å². The number of aliphatic carboxylic acids is 1. The number of amides is 1. The Hall–Kier alpha value is -3.49. The van der Waals surface area contributed by atoms with Crippen LogP contribution in [0.5, 0.6) is 5.75 Å². The van der Waals surface area contributed by atoms with Gasteiger partial charge >= 0.3 is 12.1 Å². The summed E-state index contributed by atoms with van der Waals surface area (Å²) in [6, 6.07) is 27.1. The molecular weight excluding hydrogens is 502 g/mol. The van der Waals surface area contributed by atoms with Gasteiger partial charge in [0.1, 0.15) is 19.0 Å². The van der Waals surface area contributed by atoms with Crippen molar-refractivity contribution in [3.8, 4) is 5.75 Å². The van der Waals surface area contributed by atoms with Gasteiger partial charge in [-0.2, -0.15) is 0 Å². The smallest absolute Gasteiger partial charge is 0.410 e. The number of carboxylic acid groups (broad SMARTS) is 1. The molecule has 0 aromatic heterocycles. The maximum atomic E-state index is 12.9. The van der Waals surface area contributed by atoms with E-state index in [-0.39, 0.29) is 19.1 Å². The predicted octanol–water partition coefficient (Wildman–Crippen LogP) is 5.92. The summed E-state index contributed by atoms with van der Waals surface area (Å²) in [6.45, 7) is 3.59. The van der Waals surface area contributed by atoms with Crippen LogP contribution in [-0.4, -0.2) is 60.2 Å². The van der Waals surface area contributed by atoms with Crippen LogP contribution < -0.4 is 4.74 Å². The minimum Gasteiger partial charge on any atom is -0.492 e. The highest BCUT2D eigenvalue weighted by Crippen LogP contribution is 2.18. The quantitative estimate of drug-likeness (QED) is 0.179. The van der Waals surface area contributed by atoms with Gasteiger partial charge in [-0.25, -0.2) is 9.59 Å². The summed E-state index contributed by atoms with van der Waals surface area (Å²) in [5.74, 6) is 0.552. The molecule has 0 aliphatic carbocycles. The first kappa shape index (κ1) is 29.1. The number of hydrogen-bond acceptors (Lipinski definition) is 6. The van der Waals surface area contributed by atoms with Crippen LogP contribution in [0.15, 0.2) is 89.8 Å². The molecule has 0 spiro atoms. The third kappa shape index (κ3) is 10.5. The van der Waals surface area contributed by atoms with Crippen molar-refractivity contribution >= 4 is 23.8 Å². The Bertz CT molecular complexity index is 1090. The number of carbonyl (C=O) groups excluding carboxylic acids is 1. The summed E-state index contributed by atoms with van der Waals surface area (Å²) in [5.41, 5.74) is 1.78. The molecule has 0 aliphatic heterocycles. The first-order chi connectivity index (χ1) is 18.5.